The Kier molecular flexibility index (Phi) is 6.13. The monoisotopic (exact) mass is 552 g/mol. The number of hydrogen-bond acceptors (Lipinski definition) is 8. The Bertz CT molecular complexity index is 1740. The highest BCUT2D eigenvalue weighted by molar-refractivity contribution is 5.78. The van der Waals surface area contributed by atoms with E-state index in [1.54, 1.807) is 37.8 Å². The summed E-state index contributed by atoms with van der Waals surface area (Å²) < 4.78 is 17.0. The molecule has 2 N–H and O–H groups in total. The zero-order chi connectivity index (χ0) is 28.1. The first-order chi connectivity index (χ1) is 19.9. The van der Waals surface area contributed by atoms with E-state index in [9.17, 15) is 14.6 Å². The molecule has 3 atom stereocenters. The lowest BCUT2D eigenvalue weighted by Crippen LogP contribution is -2.33. The molecule has 0 radical (unpaired) electrons. The van der Waals surface area contributed by atoms with Crippen LogP contribution >= 0.6 is 0 Å². The molecule has 208 valence electrons. The molecule has 5 aromatic rings. The van der Waals surface area contributed by atoms with E-state index in [0.717, 1.165) is 53.8 Å². The van der Waals surface area contributed by atoms with E-state index in [4.69, 9.17) is 0 Å². The lowest BCUT2D eigenvalue weighted by atomic mass is 9.89. The van der Waals surface area contributed by atoms with Gasteiger partial charge in [0.2, 0.25) is 0 Å². The maximum atomic E-state index is 13.3. The number of aromatic nitrogens is 7. The largest absolute Gasteiger partial charge is 0.391 e. The summed E-state index contributed by atoms with van der Waals surface area (Å²) in [5.74, 6) is 1.11. The molecule has 1 fully saturated rings. The van der Waals surface area contributed by atoms with Crippen molar-refractivity contribution in [3.05, 3.63) is 96.5 Å². The van der Waals surface area contributed by atoms with E-state index < -0.39 is 5.60 Å². The van der Waals surface area contributed by atoms with Gasteiger partial charge in [-0.25, -0.2) is 23.9 Å². The number of anilines is 1. The van der Waals surface area contributed by atoms with Crippen LogP contribution in [0, 0.1) is 5.82 Å². The van der Waals surface area contributed by atoms with Crippen molar-refractivity contribution < 1.29 is 14.6 Å². The molecule has 10 nitrogen and oxygen atoms in total. The summed E-state index contributed by atoms with van der Waals surface area (Å²) >= 11 is 0. The molecule has 1 aromatic carbocycles. The Morgan fingerprint density at radius 3 is 2.44 bits per heavy atom. The summed E-state index contributed by atoms with van der Waals surface area (Å²) in [4.78, 5) is 15.9. The van der Waals surface area contributed by atoms with Gasteiger partial charge in [-0.3, -0.25) is 4.68 Å². The molecule has 2 aliphatic rings. The first kappa shape index (κ1) is 25.5. The first-order valence-corrected chi connectivity index (χ1v) is 13.7. The fourth-order valence-electron chi connectivity index (χ4n) is 5.51. The van der Waals surface area contributed by atoms with Gasteiger partial charge in [0.25, 0.3) is 0 Å². The second-order valence-electron chi connectivity index (χ2n) is 10.9. The van der Waals surface area contributed by atoms with Crippen molar-refractivity contribution in [2.24, 2.45) is 0 Å². The molecule has 1 aliphatic heterocycles. The van der Waals surface area contributed by atoms with Crippen molar-refractivity contribution in [3.63, 3.8) is 0 Å². The van der Waals surface area contributed by atoms with Gasteiger partial charge in [-0.2, -0.15) is 10.2 Å². The van der Waals surface area contributed by atoms with Crippen LogP contribution in [0.3, 0.4) is 0 Å². The van der Waals surface area contributed by atoms with Gasteiger partial charge in [-0.15, -0.1) is 0 Å². The highest BCUT2D eigenvalue weighted by atomic mass is 19.1. The quantitative estimate of drug-likeness (QED) is 0.327. The number of nitrogens with zero attached hydrogens (tertiary/aromatic N) is 8. The van der Waals surface area contributed by atoms with E-state index in [1.807, 2.05) is 27.8 Å². The van der Waals surface area contributed by atoms with Gasteiger partial charge < -0.3 is 15.1 Å². The van der Waals surface area contributed by atoms with Crippen molar-refractivity contribution in [1.82, 2.24) is 34.3 Å². The van der Waals surface area contributed by atoms with Crippen LogP contribution in [0.25, 0.3) is 22.2 Å². The smallest absolute Gasteiger partial charge is 0.156 e. The molecule has 41 heavy (non-hydrogen) atoms. The maximum Gasteiger partial charge on any atom is 0.156 e. The van der Waals surface area contributed by atoms with Gasteiger partial charge in [-0.1, -0.05) is 18.2 Å². The molecule has 4 aromatic heterocycles. The van der Waals surface area contributed by atoms with Gasteiger partial charge in [-0.05, 0) is 55.5 Å². The second kappa shape index (κ2) is 9.86. The maximum absolute atomic E-state index is 13.3. The number of benzene rings is 1. The van der Waals surface area contributed by atoms with Gasteiger partial charge in [0, 0.05) is 54.6 Å². The summed E-state index contributed by atoms with van der Waals surface area (Å²) in [5.41, 5.74) is 3.66. The molecule has 0 bridgehead atoms. The van der Waals surface area contributed by atoms with Gasteiger partial charge in [0.05, 0.1) is 18.3 Å². The molecular weight excluding hydrogens is 523 g/mol. The number of halogens is 1. The average molecular weight is 553 g/mol. The fraction of sp³-hybridized carbons (Fsp3) is 0.300. The topological polar surface area (TPSA) is 117 Å². The summed E-state index contributed by atoms with van der Waals surface area (Å²) in [6.45, 7) is 3.02. The van der Waals surface area contributed by atoms with Gasteiger partial charge in [0.1, 0.15) is 23.3 Å². The summed E-state index contributed by atoms with van der Waals surface area (Å²) in [6, 6.07) is 7.90. The first-order valence-electron chi connectivity index (χ1n) is 13.7. The van der Waals surface area contributed by atoms with Gasteiger partial charge >= 0.3 is 0 Å². The minimum absolute atomic E-state index is 0.0496. The molecule has 1 unspecified atom stereocenters. The summed E-state index contributed by atoms with van der Waals surface area (Å²) in [5, 5.41) is 30.0. The van der Waals surface area contributed by atoms with E-state index in [1.165, 1.54) is 12.1 Å². The SMILES string of the molecule is CC(O)(c1ccc(F)cc1)c1cnc(C2=CCN(c3ncnn4cc(-c5cnn([C@H]6CC[C@@H]6O)c5)cc34)CC2)nc1. The Balaban J connectivity index is 1.09. The highest BCUT2D eigenvalue weighted by Gasteiger charge is 2.31. The number of hydrogen-bond donors (Lipinski definition) is 2. The van der Waals surface area contributed by atoms with Crippen LogP contribution in [0.1, 0.15) is 49.2 Å². The Morgan fingerprint density at radius 2 is 1.76 bits per heavy atom. The summed E-state index contributed by atoms with van der Waals surface area (Å²) in [7, 11) is 0. The standard InChI is InChI=1S/C30H29FN8O2/c1-30(41,22-2-4-24(31)5-3-22)23-14-32-28(33-15-23)19-8-10-37(11-9-19)29-26-12-20(16-39(26)36-18-34-29)21-13-35-38(17-21)25-6-7-27(25)40/h2-5,8,12-18,25,27,40-41H,6-7,9-11H2,1H3/t25-,27-,30?/m0/s1. The minimum atomic E-state index is -1.34. The lowest BCUT2D eigenvalue weighted by Gasteiger charge is -2.32. The molecule has 0 amide bonds. The second-order valence-corrected chi connectivity index (χ2v) is 10.9. The van der Waals surface area contributed by atoms with Crippen LogP contribution in [0.2, 0.25) is 0 Å². The third-order valence-corrected chi connectivity index (χ3v) is 8.28. The van der Waals surface area contributed by atoms with Gasteiger partial charge in [0.15, 0.2) is 11.6 Å². The number of rotatable bonds is 6. The predicted molar refractivity (Wildman–Crippen MR) is 150 cm³/mol. The van der Waals surface area contributed by atoms with Crippen molar-refractivity contribution in [3.8, 4) is 11.1 Å². The lowest BCUT2D eigenvalue weighted by molar-refractivity contribution is 0.0254. The Morgan fingerprint density at radius 1 is 0.951 bits per heavy atom. The highest BCUT2D eigenvalue weighted by Crippen LogP contribution is 2.34. The third-order valence-electron chi connectivity index (χ3n) is 8.28. The fourth-order valence-corrected chi connectivity index (χ4v) is 5.51. The zero-order valence-corrected chi connectivity index (χ0v) is 22.5. The number of fused-ring (bicyclic) bond motifs is 1. The Hall–Kier alpha value is -4.48. The minimum Gasteiger partial charge on any atom is -0.391 e. The zero-order valence-electron chi connectivity index (χ0n) is 22.5. The third kappa shape index (κ3) is 4.56. The molecule has 11 heteroatoms. The summed E-state index contributed by atoms with van der Waals surface area (Å²) in [6.07, 6.45) is 14.9. The Labute approximate surface area is 235 Å². The molecule has 5 heterocycles. The van der Waals surface area contributed by atoms with Crippen LogP contribution in [-0.2, 0) is 5.60 Å². The van der Waals surface area contributed by atoms with Crippen molar-refractivity contribution in [1.29, 1.82) is 0 Å². The molecule has 0 spiro atoms. The van der Waals surface area contributed by atoms with E-state index in [2.05, 4.69) is 42.2 Å². The normalized spacial score (nSPS) is 20.5. The molecule has 0 saturated heterocycles. The van der Waals surface area contributed by atoms with Crippen molar-refractivity contribution in [2.45, 2.75) is 43.9 Å². The van der Waals surface area contributed by atoms with E-state index in [-0.39, 0.29) is 18.0 Å². The molecular formula is C30H29FN8O2. The average Bonchev–Trinajstić information content (AvgIpc) is 3.64. The van der Waals surface area contributed by atoms with Crippen LogP contribution in [-0.4, -0.2) is 63.8 Å². The van der Waals surface area contributed by atoms with Crippen LogP contribution in [0.15, 0.2) is 73.7 Å². The van der Waals surface area contributed by atoms with E-state index >= 15 is 0 Å². The number of aliphatic hydroxyl groups excluding tert-OH is 1. The van der Waals surface area contributed by atoms with Crippen LogP contribution in [0.4, 0.5) is 10.2 Å². The molecule has 7 rings (SSSR count). The predicted octanol–water partition coefficient (Wildman–Crippen LogP) is 3.77. The van der Waals surface area contributed by atoms with E-state index in [0.29, 0.717) is 23.5 Å². The van der Waals surface area contributed by atoms with Crippen LogP contribution in [0.5, 0.6) is 0 Å². The van der Waals surface area contributed by atoms with Crippen molar-refractivity contribution in [2.75, 3.05) is 18.0 Å². The van der Waals surface area contributed by atoms with Crippen LogP contribution < -0.4 is 4.90 Å². The number of aliphatic hydroxyl groups is 2. The molecule has 1 saturated carbocycles. The molecule has 1 aliphatic carbocycles. The van der Waals surface area contributed by atoms with Crippen molar-refractivity contribution >= 4 is 16.9 Å².